The number of aromatic nitrogens is 3. The van der Waals surface area contributed by atoms with Gasteiger partial charge in [-0.2, -0.15) is 13.2 Å². The minimum atomic E-state index is -4.58. The van der Waals surface area contributed by atoms with E-state index in [0.29, 0.717) is 30.6 Å². The smallest absolute Gasteiger partial charge is 0.372 e. The van der Waals surface area contributed by atoms with Gasteiger partial charge in [-0.3, -0.25) is 4.79 Å². The SMILES string of the molecule is CC1=C2COCC2=C2C=CC(CN(C(=O)c3cnc(C4CC4)nc3)c3ccc(C(F)(F)F)nc3C)=CC2N1C. The number of halogens is 3. The minimum Gasteiger partial charge on any atom is -0.372 e. The van der Waals surface area contributed by atoms with Crippen molar-refractivity contribution in [2.24, 2.45) is 0 Å². The molecule has 1 saturated carbocycles. The molecule has 0 aromatic carbocycles. The summed E-state index contributed by atoms with van der Waals surface area (Å²) in [6, 6.07) is 2.19. The predicted octanol–water partition coefficient (Wildman–Crippen LogP) is 5.13. The summed E-state index contributed by atoms with van der Waals surface area (Å²) in [7, 11) is 2.03. The lowest BCUT2D eigenvalue weighted by atomic mass is 9.86. The number of fused-ring (bicyclic) bond motifs is 2. The van der Waals surface area contributed by atoms with Gasteiger partial charge in [-0.05, 0) is 55.5 Å². The van der Waals surface area contributed by atoms with Crippen LogP contribution in [-0.4, -0.2) is 58.6 Å². The molecule has 7 nitrogen and oxygen atoms in total. The van der Waals surface area contributed by atoms with E-state index in [9.17, 15) is 18.0 Å². The zero-order chi connectivity index (χ0) is 27.5. The highest BCUT2D eigenvalue weighted by Crippen LogP contribution is 2.39. The molecule has 4 aliphatic rings. The van der Waals surface area contributed by atoms with E-state index in [0.717, 1.165) is 35.8 Å². The molecule has 1 amide bonds. The molecule has 1 saturated heterocycles. The summed E-state index contributed by atoms with van der Waals surface area (Å²) in [5.41, 5.74) is 5.25. The predicted molar refractivity (Wildman–Crippen MR) is 139 cm³/mol. The maximum absolute atomic E-state index is 13.8. The average molecular weight is 536 g/mol. The maximum Gasteiger partial charge on any atom is 0.433 e. The number of allylic oxidation sites excluding steroid dienone is 1. The van der Waals surface area contributed by atoms with Gasteiger partial charge in [0.15, 0.2) is 0 Å². The fourth-order valence-corrected chi connectivity index (χ4v) is 5.38. The summed E-state index contributed by atoms with van der Waals surface area (Å²) in [5, 5.41) is 0. The van der Waals surface area contributed by atoms with E-state index in [-0.39, 0.29) is 23.8 Å². The molecule has 4 heterocycles. The van der Waals surface area contributed by atoms with Crippen molar-refractivity contribution in [3.05, 3.63) is 93.5 Å². The highest BCUT2D eigenvalue weighted by Gasteiger charge is 2.35. The quantitative estimate of drug-likeness (QED) is 0.529. The number of hydrogen-bond acceptors (Lipinski definition) is 6. The molecule has 0 N–H and O–H groups in total. The third kappa shape index (κ3) is 4.67. The van der Waals surface area contributed by atoms with Crippen molar-refractivity contribution in [2.45, 2.75) is 44.8 Å². The van der Waals surface area contributed by atoms with Crippen LogP contribution in [0.25, 0.3) is 0 Å². The summed E-state index contributed by atoms with van der Waals surface area (Å²) in [5.74, 6) is 0.645. The van der Waals surface area contributed by atoms with Crippen LogP contribution >= 0.6 is 0 Å². The molecule has 1 unspecified atom stereocenters. The van der Waals surface area contributed by atoms with Crippen LogP contribution in [0.15, 0.2) is 70.7 Å². The molecule has 0 spiro atoms. The van der Waals surface area contributed by atoms with Gasteiger partial charge in [0.1, 0.15) is 11.5 Å². The Balaban J connectivity index is 1.35. The molecule has 6 rings (SSSR count). The average Bonchev–Trinajstić information content (AvgIpc) is 3.65. The Morgan fingerprint density at radius 1 is 1.10 bits per heavy atom. The molecule has 1 atom stereocenters. The number of anilines is 1. The van der Waals surface area contributed by atoms with Crippen LogP contribution in [0.4, 0.5) is 18.9 Å². The van der Waals surface area contributed by atoms with Gasteiger partial charge >= 0.3 is 6.18 Å². The zero-order valence-corrected chi connectivity index (χ0v) is 21.9. The van der Waals surface area contributed by atoms with Crippen molar-refractivity contribution in [3.63, 3.8) is 0 Å². The Labute approximate surface area is 224 Å². The fraction of sp³-hybridized carbons (Fsp3) is 0.379. The second-order valence-corrected chi connectivity index (χ2v) is 10.4. The van der Waals surface area contributed by atoms with Gasteiger partial charge in [0, 0.05) is 36.6 Å². The van der Waals surface area contributed by atoms with Crippen LogP contribution in [0, 0.1) is 6.92 Å². The Morgan fingerprint density at radius 2 is 1.82 bits per heavy atom. The summed E-state index contributed by atoms with van der Waals surface area (Å²) < 4.78 is 45.7. The van der Waals surface area contributed by atoms with Gasteiger partial charge in [0.05, 0.1) is 42.7 Å². The Kier molecular flexibility index (Phi) is 6.17. The van der Waals surface area contributed by atoms with Gasteiger partial charge in [-0.15, -0.1) is 0 Å². The Hall–Kier alpha value is -3.79. The highest BCUT2D eigenvalue weighted by molar-refractivity contribution is 6.06. The molecule has 2 aromatic heterocycles. The molecule has 2 aliphatic heterocycles. The first-order valence-corrected chi connectivity index (χ1v) is 12.9. The number of likely N-dealkylation sites (N-methyl/N-ethyl adjacent to an activating group) is 1. The number of nitrogens with zero attached hydrogens (tertiary/aromatic N) is 5. The third-order valence-electron chi connectivity index (χ3n) is 7.84. The van der Waals surface area contributed by atoms with E-state index in [1.54, 1.807) is 0 Å². The van der Waals surface area contributed by atoms with Crippen molar-refractivity contribution in [1.82, 2.24) is 19.9 Å². The van der Waals surface area contributed by atoms with E-state index in [4.69, 9.17) is 4.74 Å². The summed E-state index contributed by atoms with van der Waals surface area (Å²) in [4.78, 5) is 30.0. The van der Waals surface area contributed by atoms with Gasteiger partial charge in [0.25, 0.3) is 5.91 Å². The molecular formula is C29H28F3N5O2. The maximum atomic E-state index is 13.8. The monoisotopic (exact) mass is 535 g/mol. The highest BCUT2D eigenvalue weighted by atomic mass is 19.4. The lowest BCUT2D eigenvalue weighted by molar-refractivity contribution is -0.141. The third-order valence-corrected chi connectivity index (χ3v) is 7.84. The van der Waals surface area contributed by atoms with Gasteiger partial charge in [0.2, 0.25) is 0 Å². The van der Waals surface area contributed by atoms with Crippen LogP contribution < -0.4 is 4.90 Å². The molecule has 0 radical (unpaired) electrons. The van der Waals surface area contributed by atoms with E-state index < -0.39 is 17.8 Å². The summed E-state index contributed by atoms with van der Waals surface area (Å²) in [6.07, 6.45) is 6.61. The van der Waals surface area contributed by atoms with Crippen LogP contribution in [0.5, 0.6) is 0 Å². The van der Waals surface area contributed by atoms with E-state index in [1.165, 1.54) is 41.4 Å². The number of rotatable bonds is 5. The standard InChI is InChI=1S/C29H28F3N5O2/c1-16-24(8-9-26(35-16)29(30,31)32)37(28(38)20-11-33-27(34-12-20)19-5-6-19)13-18-4-7-21-23-15-39-14-22(23)17(2)36(3)25(21)10-18/h4,7-12,19,25H,5-6,13-15H2,1-3H3. The Bertz CT molecular complexity index is 1470. The van der Waals surface area contributed by atoms with Crippen molar-refractivity contribution in [3.8, 4) is 0 Å². The lowest BCUT2D eigenvalue weighted by Gasteiger charge is -2.38. The number of amides is 1. The Morgan fingerprint density at radius 3 is 2.49 bits per heavy atom. The number of alkyl halides is 3. The summed E-state index contributed by atoms with van der Waals surface area (Å²) >= 11 is 0. The lowest BCUT2D eigenvalue weighted by Crippen LogP contribution is -2.38. The molecule has 2 aliphatic carbocycles. The number of ether oxygens (including phenoxy) is 1. The number of aryl methyl sites for hydroxylation is 1. The van der Waals surface area contributed by atoms with Gasteiger partial charge in [-0.25, -0.2) is 15.0 Å². The molecular weight excluding hydrogens is 507 g/mol. The molecule has 2 fully saturated rings. The van der Waals surface area contributed by atoms with Crippen LogP contribution in [0.3, 0.4) is 0 Å². The number of hydrogen-bond donors (Lipinski definition) is 0. The van der Waals surface area contributed by atoms with Crippen molar-refractivity contribution in [2.75, 3.05) is 31.7 Å². The van der Waals surface area contributed by atoms with Crippen LogP contribution in [-0.2, 0) is 10.9 Å². The molecule has 10 heteroatoms. The minimum absolute atomic E-state index is 0.0320. The molecule has 202 valence electrons. The first-order valence-electron chi connectivity index (χ1n) is 12.9. The molecule has 0 bridgehead atoms. The van der Waals surface area contributed by atoms with Crippen LogP contribution in [0.1, 0.15) is 53.3 Å². The van der Waals surface area contributed by atoms with E-state index in [1.807, 2.05) is 13.1 Å². The van der Waals surface area contributed by atoms with Crippen LogP contribution in [0.2, 0.25) is 0 Å². The second kappa shape index (κ2) is 9.44. The summed E-state index contributed by atoms with van der Waals surface area (Å²) in [6.45, 7) is 4.86. The normalized spacial score (nSPS) is 20.7. The van der Waals surface area contributed by atoms with Crippen molar-refractivity contribution < 1.29 is 22.7 Å². The van der Waals surface area contributed by atoms with Gasteiger partial charge < -0.3 is 14.5 Å². The number of carbonyl (C=O) groups is 1. The largest absolute Gasteiger partial charge is 0.433 e. The van der Waals surface area contributed by atoms with E-state index in [2.05, 4.69) is 38.9 Å². The first kappa shape index (κ1) is 25.5. The van der Waals surface area contributed by atoms with Crippen molar-refractivity contribution >= 4 is 11.6 Å². The van der Waals surface area contributed by atoms with Crippen molar-refractivity contribution in [1.29, 1.82) is 0 Å². The number of carbonyl (C=O) groups excluding carboxylic acids is 1. The van der Waals surface area contributed by atoms with Gasteiger partial charge in [-0.1, -0.05) is 18.2 Å². The first-order chi connectivity index (χ1) is 18.6. The molecule has 2 aromatic rings. The number of pyridine rings is 1. The fourth-order valence-electron chi connectivity index (χ4n) is 5.38. The topological polar surface area (TPSA) is 71.5 Å². The second-order valence-electron chi connectivity index (χ2n) is 10.4. The zero-order valence-electron chi connectivity index (χ0n) is 21.9. The van der Waals surface area contributed by atoms with E-state index >= 15 is 0 Å². The molecule has 39 heavy (non-hydrogen) atoms.